The molecule has 72 valence electrons. The number of aliphatic hydroxyl groups excluding tert-OH is 1. The summed E-state index contributed by atoms with van der Waals surface area (Å²) in [7, 11) is 0. The van der Waals surface area contributed by atoms with E-state index >= 15 is 0 Å². The lowest BCUT2D eigenvalue weighted by atomic mass is 10.0. The minimum atomic E-state index is 0.206. The Bertz CT molecular complexity index is 119. The van der Waals surface area contributed by atoms with Crippen LogP contribution in [0, 0.1) is 5.92 Å². The van der Waals surface area contributed by atoms with Crippen molar-refractivity contribution in [2.45, 2.75) is 46.0 Å². The van der Waals surface area contributed by atoms with Crippen LogP contribution in [-0.2, 0) is 4.79 Å². The average Bonchev–Trinajstić information content (AvgIpc) is 2.01. The molecule has 0 amide bonds. The number of unbranched alkanes of at least 4 members (excludes halogenated alkanes) is 1. The fraction of sp³-hybridized carbons (Fsp3) is 0.900. The van der Waals surface area contributed by atoms with E-state index in [0.717, 1.165) is 19.3 Å². The molecule has 0 radical (unpaired) electrons. The van der Waals surface area contributed by atoms with Gasteiger partial charge in [-0.25, -0.2) is 0 Å². The van der Waals surface area contributed by atoms with E-state index in [1.54, 1.807) is 0 Å². The van der Waals surface area contributed by atoms with Crippen LogP contribution in [0.15, 0.2) is 0 Å². The number of hydrogen-bond acceptors (Lipinski definition) is 2. The Labute approximate surface area is 75.0 Å². The van der Waals surface area contributed by atoms with E-state index < -0.39 is 0 Å². The molecule has 0 unspecified atom stereocenters. The maximum atomic E-state index is 11.1. The highest BCUT2D eigenvalue weighted by Crippen LogP contribution is 2.07. The van der Waals surface area contributed by atoms with Gasteiger partial charge in [0.1, 0.15) is 5.78 Å². The molecule has 2 nitrogen and oxygen atoms in total. The molecule has 12 heavy (non-hydrogen) atoms. The maximum absolute atomic E-state index is 11.1. The molecule has 0 aromatic rings. The highest BCUT2D eigenvalue weighted by Gasteiger charge is 2.02. The lowest BCUT2D eigenvalue weighted by Gasteiger charge is -2.02. The van der Waals surface area contributed by atoms with Gasteiger partial charge >= 0.3 is 0 Å². The van der Waals surface area contributed by atoms with Crippen LogP contribution in [0.5, 0.6) is 0 Å². The second-order valence-electron chi connectivity index (χ2n) is 3.65. The van der Waals surface area contributed by atoms with E-state index in [9.17, 15) is 4.79 Å². The van der Waals surface area contributed by atoms with Gasteiger partial charge in [-0.1, -0.05) is 13.8 Å². The molecule has 0 aromatic heterocycles. The van der Waals surface area contributed by atoms with E-state index in [2.05, 4.69) is 13.8 Å². The van der Waals surface area contributed by atoms with Gasteiger partial charge in [0.25, 0.3) is 0 Å². The molecule has 1 N–H and O–H groups in total. The standard InChI is InChI=1S/C10H20O2/c1-9(2)6-7-10(12)5-3-4-8-11/h9,11H,3-8H2,1-2H3. The summed E-state index contributed by atoms with van der Waals surface area (Å²) in [6, 6.07) is 0. The van der Waals surface area contributed by atoms with Crippen LogP contribution in [0.4, 0.5) is 0 Å². The molecule has 0 rings (SSSR count). The first kappa shape index (κ1) is 11.6. The highest BCUT2D eigenvalue weighted by molar-refractivity contribution is 5.78. The molecular weight excluding hydrogens is 152 g/mol. The summed E-state index contributed by atoms with van der Waals surface area (Å²) < 4.78 is 0. The zero-order valence-corrected chi connectivity index (χ0v) is 8.18. The molecule has 0 bridgehead atoms. The fourth-order valence-electron chi connectivity index (χ4n) is 1.01. The van der Waals surface area contributed by atoms with Crippen LogP contribution in [0.1, 0.15) is 46.0 Å². The van der Waals surface area contributed by atoms with Gasteiger partial charge in [-0.15, -0.1) is 0 Å². The first-order valence-corrected chi connectivity index (χ1v) is 4.79. The molecule has 0 aliphatic rings. The first-order chi connectivity index (χ1) is 5.66. The number of hydrogen-bond donors (Lipinski definition) is 1. The fourth-order valence-corrected chi connectivity index (χ4v) is 1.01. The smallest absolute Gasteiger partial charge is 0.132 e. The van der Waals surface area contributed by atoms with Crippen LogP contribution >= 0.6 is 0 Å². The summed E-state index contributed by atoms with van der Waals surface area (Å²) in [6.45, 7) is 4.46. The second kappa shape index (κ2) is 7.29. The Morgan fingerprint density at radius 2 is 1.92 bits per heavy atom. The quantitative estimate of drug-likeness (QED) is 0.597. The van der Waals surface area contributed by atoms with Gasteiger partial charge in [-0.3, -0.25) is 4.79 Å². The molecule has 0 aromatic carbocycles. The molecule has 0 heterocycles. The minimum absolute atomic E-state index is 0.206. The number of carbonyl (C=O) groups excluding carboxylic acids is 1. The van der Waals surface area contributed by atoms with E-state index in [-0.39, 0.29) is 6.61 Å². The van der Waals surface area contributed by atoms with Crippen molar-refractivity contribution in [1.82, 2.24) is 0 Å². The zero-order chi connectivity index (χ0) is 9.40. The molecule has 2 heteroatoms. The van der Waals surface area contributed by atoms with Crippen molar-refractivity contribution in [1.29, 1.82) is 0 Å². The third kappa shape index (κ3) is 7.73. The van der Waals surface area contributed by atoms with Gasteiger partial charge in [-0.05, 0) is 25.2 Å². The van der Waals surface area contributed by atoms with Gasteiger partial charge in [0.05, 0.1) is 0 Å². The van der Waals surface area contributed by atoms with E-state index in [0.29, 0.717) is 24.5 Å². The first-order valence-electron chi connectivity index (χ1n) is 4.79. The summed E-state index contributed by atoms with van der Waals surface area (Å²) in [5.41, 5.74) is 0. The Balaban J connectivity index is 3.22. The predicted molar refractivity (Wildman–Crippen MR) is 50.0 cm³/mol. The van der Waals surface area contributed by atoms with Gasteiger partial charge < -0.3 is 5.11 Å². The molecule has 0 atom stereocenters. The Kier molecular flexibility index (Phi) is 7.06. The zero-order valence-electron chi connectivity index (χ0n) is 8.18. The molecular formula is C10H20O2. The third-order valence-corrected chi connectivity index (χ3v) is 1.86. The van der Waals surface area contributed by atoms with Crippen LogP contribution < -0.4 is 0 Å². The maximum Gasteiger partial charge on any atom is 0.132 e. The van der Waals surface area contributed by atoms with E-state index in [1.165, 1.54) is 0 Å². The van der Waals surface area contributed by atoms with Gasteiger partial charge in [-0.2, -0.15) is 0 Å². The summed E-state index contributed by atoms with van der Waals surface area (Å²) in [4.78, 5) is 11.1. The van der Waals surface area contributed by atoms with Crippen molar-refractivity contribution in [2.75, 3.05) is 6.61 Å². The van der Waals surface area contributed by atoms with Crippen LogP contribution in [0.2, 0.25) is 0 Å². The molecule has 0 saturated carbocycles. The molecule has 0 aliphatic heterocycles. The third-order valence-electron chi connectivity index (χ3n) is 1.86. The number of carbonyl (C=O) groups is 1. The Hall–Kier alpha value is -0.370. The van der Waals surface area contributed by atoms with E-state index in [4.69, 9.17) is 5.11 Å². The van der Waals surface area contributed by atoms with Crippen LogP contribution in [-0.4, -0.2) is 17.5 Å². The molecule has 0 spiro atoms. The Morgan fingerprint density at radius 3 is 2.42 bits per heavy atom. The van der Waals surface area contributed by atoms with Crippen molar-refractivity contribution in [3.8, 4) is 0 Å². The van der Waals surface area contributed by atoms with Crippen LogP contribution in [0.3, 0.4) is 0 Å². The Morgan fingerprint density at radius 1 is 1.25 bits per heavy atom. The van der Waals surface area contributed by atoms with Crippen molar-refractivity contribution in [3.05, 3.63) is 0 Å². The average molecular weight is 172 g/mol. The summed E-state index contributed by atoms with van der Waals surface area (Å²) in [5.74, 6) is 0.962. The molecule has 0 fully saturated rings. The number of ketones is 1. The SMILES string of the molecule is CC(C)CCC(=O)CCCCO. The molecule has 0 aliphatic carbocycles. The predicted octanol–water partition coefficient (Wildman–Crippen LogP) is 2.15. The number of aliphatic hydroxyl groups is 1. The van der Waals surface area contributed by atoms with E-state index in [1.807, 2.05) is 0 Å². The normalized spacial score (nSPS) is 10.7. The van der Waals surface area contributed by atoms with Crippen molar-refractivity contribution >= 4 is 5.78 Å². The van der Waals surface area contributed by atoms with Gasteiger partial charge in [0.15, 0.2) is 0 Å². The van der Waals surface area contributed by atoms with Crippen molar-refractivity contribution < 1.29 is 9.90 Å². The lowest BCUT2D eigenvalue weighted by molar-refractivity contribution is -0.119. The summed E-state index contributed by atoms with van der Waals surface area (Å²) >= 11 is 0. The number of Topliss-reactive ketones (excluding diaryl/α,β-unsaturated/α-hetero) is 1. The second-order valence-corrected chi connectivity index (χ2v) is 3.65. The summed E-state index contributed by atoms with van der Waals surface area (Å²) in [5, 5.41) is 8.49. The lowest BCUT2D eigenvalue weighted by Crippen LogP contribution is -2.00. The number of rotatable bonds is 7. The highest BCUT2D eigenvalue weighted by atomic mass is 16.2. The monoisotopic (exact) mass is 172 g/mol. The van der Waals surface area contributed by atoms with Crippen molar-refractivity contribution in [3.63, 3.8) is 0 Å². The largest absolute Gasteiger partial charge is 0.396 e. The minimum Gasteiger partial charge on any atom is -0.396 e. The molecule has 0 saturated heterocycles. The van der Waals surface area contributed by atoms with Gasteiger partial charge in [0, 0.05) is 19.4 Å². The topological polar surface area (TPSA) is 37.3 Å². The van der Waals surface area contributed by atoms with Crippen LogP contribution in [0.25, 0.3) is 0 Å². The van der Waals surface area contributed by atoms with Crippen molar-refractivity contribution in [2.24, 2.45) is 5.92 Å². The summed E-state index contributed by atoms with van der Waals surface area (Å²) in [6.07, 6.45) is 3.95. The van der Waals surface area contributed by atoms with Gasteiger partial charge in [0.2, 0.25) is 0 Å².